The highest BCUT2D eigenvalue weighted by atomic mass is 16.5. The predicted octanol–water partition coefficient (Wildman–Crippen LogP) is 3.11. The van der Waals surface area contributed by atoms with Gasteiger partial charge in [-0.05, 0) is 25.5 Å². The third-order valence-electron chi connectivity index (χ3n) is 4.80. The molecule has 1 aromatic carbocycles. The van der Waals surface area contributed by atoms with Crippen LogP contribution < -0.4 is 15.1 Å². The topological polar surface area (TPSA) is 70.6 Å². The number of hydrogen-bond acceptors (Lipinski definition) is 6. The van der Waals surface area contributed by atoms with E-state index < -0.39 is 0 Å². The van der Waals surface area contributed by atoms with Crippen molar-refractivity contribution in [3.05, 3.63) is 41.9 Å². The second-order valence-electron chi connectivity index (χ2n) is 7.00. The van der Waals surface area contributed by atoms with Crippen molar-refractivity contribution in [3.8, 4) is 0 Å². The minimum Gasteiger partial charge on any atom is -0.378 e. The summed E-state index contributed by atoms with van der Waals surface area (Å²) in [4.78, 5) is 26.1. The molecule has 7 heteroatoms. The summed E-state index contributed by atoms with van der Waals surface area (Å²) in [7, 11) is 1.99. The average molecular weight is 383 g/mol. The molecule has 0 spiro atoms. The Kier molecular flexibility index (Phi) is 6.81. The minimum absolute atomic E-state index is 0.226. The van der Waals surface area contributed by atoms with Crippen LogP contribution in [0.2, 0.25) is 0 Å². The Morgan fingerprint density at radius 3 is 2.75 bits per heavy atom. The molecule has 1 saturated heterocycles. The van der Waals surface area contributed by atoms with Crippen LogP contribution in [0.5, 0.6) is 0 Å². The molecular weight excluding hydrogens is 354 g/mol. The molecule has 1 aliphatic rings. The SMILES string of the molecule is CCCCN(C)c1cc(C(=O)Nc2ccccc2N2CCOCC2)nc(C)n1. The highest BCUT2D eigenvalue weighted by molar-refractivity contribution is 6.05. The first-order valence-electron chi connectivity index (χ1n) is 9.88. The number of aromatic nitrogens is 2. The molecule has 1 N–H and O–H groups in total. The number of nitrogens with one attached hydrogen (secondary N) is 1. The number of morpholine rings is 1. The van der Waals surface area contributed by atoms with E-state index in [0.717, 1.165) is 49.7 Å². The van der Waals surface area contributed by atoms with E-state index in [2.05, 4.69) is 32.0 Å². The van der Waals surface area contributed by atoms with Crippen LogP contribution >= 0.6 is 0 Å². The van der Waals surface area contributed by atoms with Crippen molar-refractivity contribution in [2.45, 2.75) is 26.7 Å². The predicted molar refractivity (Wildman–Crippen MR) is 112 cm³/mol. The van der Waals surface area contributed by atoms with Gasteiger partial charge in [-0.1, -0.05) is 25.5 Å². The fraction of sp³-hybridized carbons (Fsp3) is 0.476. The van der Waals surface area contributed by atoms with E-state index in [1.807, 2.05) is 38.2 Å². The molecule has 0 bridgehead atoms. The van der Waals surface area contributed by atoms with Crippen LogP contribution in [0.1, 0.15) is 36.1 Å². The molecule has 0 atom stereocenters. The maximum absolute atomic E-state index is 12.9. The van der Waals surface area contributed by atoms with Gasteiger partial charge < -0.3 is 19.9 Å². The van der Waals surface area contributed by atoms with Crippen LogP contribution in [0.25, 0.3) is 0 Å². The molecule has 2 aromatic rings. The molecular formula is C21H29N5O2. The number of ether oxygens (including phenoxy) is 1. The van der Waals surface area contributed by atoms with Gasteiger partial charge in [0.1, 0.15) is 17.3 Å². The number of rotatable bonds is 7. The maximum atomic E-state index is 12.9. The molecule has 1 fully saturated rings. The number of unbranched alkanes of at least 4 members (excludes halogenated alkanes) is 1. The van der Waals surface area contributed by atoms with E-state index in [1.54, 1.807) is 6.07 Å². The summed E-state index contributed by atoms with van der Waals surface area (Å²) in [5, 5.41) is 3.03. The highest BCUT2D eigenvalue weighted by Gasteiger charge is 2.18. The van der Waals surface area contributed by atoms with Gasteiger partial charge in [-0.25, -0.2) is 9.97 Å². The quantitative estimate of drug-likeness (QED) is 0.792. The normalized spacial score (nSPS) is 14.0. The van der Waals surface area contributed by atoms with E-state index >= 15 is 0 Å². The lowest BCUT2D eigenvalue weighted by atomic mass is 10.2. The average Bonchev–Trinajstić information content (AvgIpc) is 2.72. The summed E-state index contributed by atoms with van der Waals surface area (Å²) in [6.45, 7) is 7.88. The molecule has 1 amide bonds. The van der Waals surface area contributed by atoms with E-state index in [-0.39, 0.29) is 5.91 Å². The fourth-order valence-electron chi connectivity index (χ4n) is 3.22. The zero-order valence-corrected chi connectivity index (χ0v) is 16.9. The van der Waals surface area contributed by atoms with Gasteiger partial charge in [0.05, 0.1) is 24.6 Å². The van der Waals surface area contributed by atoms with Crippen molar-refractivity contribution >= 4 is 23.1 Å². The molecule has 1 aromatic heterocycles. The van der Waals surface area contributed by atoms with Crippen LogP contribution in [-0.2, 0) is 4.74 Å². The Morgan fingerprint density at radius 2 is 2.00 bits per heavy atom. The number of para-hydroxylation sites is 2. The Labute approximate surface area is 166 Å². The van der Waals surface area contributed by atoms with E-state index in [9.17, 15) is 4.79 Å². The van der Waals surface area contributed by atoms with E-state index in [1.165, 1.54) is 0 Å². The number of carbonyl (C=O) groups is 1. The molecule has 28 heavy (non-hydrogen) atoms. The lowest BCUT2D eigenvalue weighted by Gasteiger charge is -2.30. The van der Waals surface area contributed by atoms with Gasteiger partial charge in [-0.2, -0.15) is 0 Å². The number of amides is 1. The van der Waals surface area contributed by atoms with E-state index in [0.29, 0.717) is 24.7 Å². The van der Waals surface area contributed by atoms with Crippen molar-refractivity contribution in [2.75, 3.05) is 55.0 Å². The lowest BCUT2D eigenvalue weighted by molar-refractivity contribution is 0.102. The number of carbonyl (C=O) groups excluding carboxylic acids is 1. The van der Waals surface area contributed by atoms with Crippen molar-refractivity contribution in [3.63, 3.8) is 0 Å². The summed E-state index contributed by atoms with van der Waals surface area (Å²) in [5.74, 6) is 1.14. The number of anilines is 3. The van der Waals surface area contributed by atoms with Crippen LogP contribution in [0.4, 0.5) is 17.2 Å². The van der Waals surface area contributed by atoms with Crippen LogP contribution in [0, 0.1) is 6.92 Å². The van der Waals surface area contributed by atoms with Crippen molar-refractivity contribution in [2.24, 2.45) is 0 Å². The van der Waals surface area contributed by atoms with Crippen LogP contribution in [0.15, 0.2) is 30.3 Å². The number of aryl methyl sites for hydroxylation is 1. The Morgan fingerprint density at radius 1 is 1.25 bits per heavy atom. The molecule has 150 valence electrons. The second-order valence-corrected chi connectivity index (χ2v) is 7.00. The summed E-state index contributed by atoms with van der Waals surface area (Å²) >= 11 is 0. The first-order valence-corrected chi connectivity index (χ1v) is 9.88. The van der Waals surface area contributed by atoms with Gasteiger partial charge in [-0.3, -0.25) is 4.79 Å². The fourth-order valence-corrected chi connectivity index (χ4v) is 3.22. The molecule has 3 rings (SSSR count). The minimum atomic E-state index is -0.226. The van der Waals surface area contributed by atoms with Gasteiger partial charge in [0.15, 0.2) is 0 Å². The standard InChI is InChI=1S/C21H29N5O2/c1-4-5-10-25(3)20-15-18(22-16(2)23-20)21(27)24-17-8-6-7-9-19(17)26-11-13-28-14-12-26/h6-9,15H,4-5,10-14H2,1-3H3,(H,24,27). The summed E-state index contributed by atoms with van der Waals surface area (Å²) in [6, 6.07) is 9.61. The maximum Gasteiger partial charge on any atom is 0.274 e. The Hall–Kier alpha value is -2.67. The zero-order chi connectivity index (χ0) is 19.9. The Balaban J connectivity index is 1.79. The number of nitrogens with zero attached hydrogens (tertiary/aromatic N) is 4. The van der Waals surface area contributed by atoms with Crippen molar-refractivity contribution in [1.29, 1.82) is 0 Å². The number of hydrogen-bond donors (Lipinski definition) is 1. The largest absolute Gasteiger partial charge is 0.378 e. The summed E-state index contributed by atoms with van der Waals surface area (Å²) in [6.07, 6.45) is 2.19. The lowest BCUT2D eigenvalue weighted by Crippen LogP contribution is -2.36. The zero-order valence-electron chi connectivity index (χ0n) is 16.9. The molecule has 0 aliphatic carbocycles. The highest BCUT2D eigenvalue weighted by Crippen LogP contribution is 2.27. The van der Waals surface area contributed by atoms with Crippen LogP contribution in [0.3, 0.4) is 0 Å². The molecule has 0 unspecified atom stereocenters. The molecule has 7 nitrogen and oxygen atoms in total. The second kappa shape index (κ2) is 9.50. The summed E-state index contributed by atoms with van der Waals surface area (Å²) in [5.41, 5.74) is 2.17. The van der Waals surface area contributed by atoms with Gasteiger partial charge >= 0.3 is 0 Å². The van der Waals surface area contributed by atoms with Crippen molar-refractivity contribution in [1.82, 2.24) is 9.97 Å². The van der Waals surface area contributed by atoms with Gasteiger partial charge in [0.2, 0.25) is 0 Å². The number of benzene rings is 1. The first kappa shape index (κ1) is 20.1. The van der Waals surface area contributed by atoms with Crippen LogP contribution in [-0.4, -0.2) is 55.8 Å². The van der Waals surface area contributed by atoms with E-state index in [4.69, 9.17) is 4.74 Å². The third-order valence-corrected chi connectivity index (χ3v) is 4.80. The monoisotopic (exact) mass is 383 g/mol. The molecule has 0 saturated carbocycles. The first-order chi connectivity index (χ1) is 13.6. The van der Waals surface area contributed by atoms with Gasteiger partial charge in [-0.15, -0.1) is 0 Å². The smallest absolute Gasteiger partial charge is 0.274 e. The third kappa shape index (κ3) is 4.98. The molecule has 2 heterocycles. The van der Waals surface area contributed by atoms with Crippen molar-refractivity contribution < 1.29 is 9.53 Å². The summed E-state index contributed by atoms with van der Waals surface area (Å²) < 4.78 is 5.44. The Bertz CT molecular complexity index is 805. The molecule has 0 radical (unpaired) electrons. The van der Waals surface area contributed by atoms with Gasteiger partial charge in [0.25, 0.3) is 5.91 Å². The molecule has 1 aliphatic heterocycles. The van der Waals surface area contributed by atoms with Gasteiger partial charge in [0, 0.05) is 32.7 Å².